The number of carbonyl (C=O) groups excluding carboxylic acids is 2. The predicted octanol–water partition coefficient (Wildman–Crippen LogP) is 4.63. The molecule has 8 heteroatoms. The molecule has 0 spiro atoms. The van der Waals surface area contributed by atoms with Crippen LogP contribution in [0.15, 0.2) is 48.2 Å². The second-order valence-corrected chi connectivity index (χ2v) is 7.48. The normalized spacial score (nSPS) is 14.3. The first kappa shape index (κ1) is 21.9. The molecule has 0 atom stereocenters. The van der Waals surface area contributed by atoms with Gasteiger partial charge in [0.05, 0.1) is 11.7 Å². The number of hydrogen-bond donors (Lipinski definition) is 1. The molecule has 1 heterocycles. The van der Waals surface area contributed by atoms with Crippen molar-refractivity contribution in [3.8, 4) is 0 Å². The van der Waals surface area contributed by atoms with E-state index in [9.17, 15) is 18.4 Å². The molecule has 2 amide bonds. The highest BCUT2D eigenvalue weighted by atomic mass is 35.5. The van der Waals surface area contributed by atoms with Crippen LogP contribution in [-0.4, -0.2) is 36.0 Å². The summed E-state index contributed by atoms with van der Waals surface area (Å²) in [5.74, 6) is -3.09. The Morgan fingerprint density at radius 1 is 1.03 bits per heavy atom. The van der Waals surface area contributed by atoms with Gasteiger partial charge in [-0.05, 0) is 50.1 Å². The lowest BCUT2D eigenvalue weighted by Crippen LogP contribution is -2.34. The van der Waals surface area contributed by atoms with E-state index < -0.39 is 23.4 Å². The molecular formula is C22H21ClF2N2O3. The number of hydrogen-bond acceptors (Lipinski definition) is 4. The monoisotopic (exact) mass is 434 g/mol. The smallest absolute Gasteiger partial charge is 0.278 e. The Morgan fingerprint density at radius 3 is 2.37 bits per heavy atom. The topological polar surface area (TPSA) is 58.6 Å². The molecule has 3 rings (SSSR count). The van der Waals surface area contributed by atoms with E-state index in [1.165, 1.54) is 6.07 Å². The van der Waals surface area contributed by atoms with Gasteiger partial charge < -0.3 is 10.1 Å². The van der Waals surface area contributed by atoms with Gasteiger partial charge in [-0.3, -0.25) is 14.5 Å². The Balaban J connectivity index is 1.91. The Hall–Kier alpha value is -2.77. The molecule has 2 aromatic carbocycles. The Morgan fingerprint density at radius 2 is 1.73 bits per heavy atom. The van der Waals surface area contributed by atoms with E-state index in [2.05, 4.69) is 5.32 Å². The second-order valence-electron chi connectivity index (χ2n) is 7.05. The summed E-state index contributed by atoms with van der Waals surface area (Å²) in [6.07, 6.45) is 0.519. The van der Waals surface area contributed by atoms with Crippen LogP contribution >= 0.6 is 11.6 Å². The largest absolute Gasteiger partial charge is 0.379 e. The molecule has 2 aromatic rings. The maximum Gasteiger partial charge on any atom is 0.278 e. The number of carbonyl (C=O) groups is 2. The number of nitrogens with zero attached hydrogens (tertiary/aromatic N) is 1. The fraction of sp³-hybridized carbons (Fsp3) is 0.273. The number of ether oxygens (including phenoxy) is 1. The lowest BCUT2D eigenvalue weighted by atomic mass is 10.0. The van der Waals surface area contributed by atoms with E-state index in [4.69, 9.17) is 16.3 Å². The Bertz CT molecular complexity index is 990. The molecule has 1 aliphatic rings. The van der Waals surface area contributed by atoms with Crippen LogP contribution < -0.4 is 5.32 Å². The quantitative estimate of drug-likeness (QED) is 0.486. The van der Waals surface area contributed by atoms with Crippen molar-refractivity contribution in [2.45, 2.75) is 26.4 Å². The molecule has 0 saturated carbocycles. The first-order valence-electron chi connectivity index (χ1n) is 9.48. The molecule has 30 heavy (non-hydrogen) atoms. The summed E-state index contributed by atoms with van der Waals surface area (Å²) < 4.78 is 32.3. The van der Waals surface area contributed by atoms with Gasteiger partial charge in [-0.1, -0.05) is 23.7 Å². The molecule has 0 aromatic heterocycles. The highest BCUT2D eigenvalue weighted by molar-refractivity contribution is 6.36. The van der Waals surface area contributed by atoms with Crippen LogP contribution in [0.25, 0.3) is 5.57 Å². The van der Waals surface area contributed by atoms with Crippen molar-refractivity contribution in [2.75, 3.05) is 18.5 Å². The van der Waals surface area contributed by atoms with Gasteiger partial charge in [0.2, 0.25) is 0 Å². The molecule has 0 saturated heterocycles. The zero-order valence-corrected chi connectivity index (χ0v) is 17.3. The zero-order chi connectivity index (χ0) is 21.8. The molecule has 1 aliphatic heterocycles. The third-order valence-corrected chi connectivity index (χ3v) is 4.72. The molecule has 1 N–H and O–H groups in total. The van der Waals surface area contributed by atoms with Gasteiger partial charge in [-0.2, -0.15) is 0 Å². The minimum absolute atomic E-state index is 0.00175. The van der Waals surface area contributed by atoms with Crippen LogP contribution in [0.5, 0.6) is 0 Å². The van der Waals surface area contributed by atoms with Crippen molar-refractivity contribution < 1.29 is 23.1 Å². The SMILES string of the molecule is CC(C)OCCCN1C(=O)C(Nc2ccc(F)c(F)c2)=C(c2ccc(Cl)cc2)C1=O. The zero-order valence-electron chi connectivity index (χ0n) is 16.5. The standard InChI is InChI=1S/C22H21ClF2N2O3/c1-13(2)30-11-3-10-27-21(28)19(14-4-6-15(23)7-5-14)20(22(27)29)26-16-8-9-17(24)18(25)12-16/h4-9,12-13,26H,3,10-11H2,1-2H3. The van der Waals surface area contributed by atoms with Crippen molar-refractivity contribution in [1.29, 1.82) is 0 Å². The summed E-state index contributed by atoms with van der Waals surface area (Å²) in [4.78, 5) is 27.2. The van der Waals surface area contributed by atoms with Crippen LogP contribution in [0.3, 0.4) is 0 Å². The van der Waals surface area contributed by atoms with E-state index >= 15 is 0 Å². The number of nitrogens with one attached hydrogen (secondary N) is 1. The van der Waals surface area contributed by atoms with Crippen LogP contribution in [0.1, 0.15) is 25.8 Å². The molecule has 158 valence electrons. The summed E-state index contributed by atoms with van der Waals surface area (Å²) in [7, 11) is 0. The van der Waals surface area contributed by atoms with E-state index in [0.717, 1.165) is 17.0 Å². The van der Waals surface area contributed by atoms with Crippen molar-refractivity contribution in [3.63, 3.8) is 0 Å². The number of benzene rings is 2. The average molecular weight is 435 g/mol. The molecule has 0 radical (unpaired) electrons. The van der Waals surface area contributed by atoms with Gasteiger partial charge in [-0.15, -0.1) is 0 Å². The predicted molar refractivity (Wildman–Crippen MR) is 111 cm³/mol. The summed E-state index contributed by atoms with van der Waals surface area (Å²) >= 11 is 5.94. The minimum atomic E-state index is -1.06. The fourth-order valence-corrected chi connectivity index (χ4v) is 3.17. The first-order chi connectivity index (χ1) is 14.3. The van der Waals surface area contributed by atoms with Crippen LogP contribution in [0, 0.1) is 11.6 Å². The molecule has 5 nitrogen and oxygen atoms in total. The highest BCUT2D eigenvalue weighted by Gasteiger charge is 2.38. The van der Waals surface area contributed by atoms with Gasteiger partial charge in [0.15, 0.2) is 11.6 Å². The van der Waals surface area contributed by atoms with Gasteiger partial charge >= 0.3 is 0 Å². The third-order valence-electron chi connectivity index (χ3n) is 4.47. The first-order valence-corrected chi connectivity index (χ1v) is 9.86. The third kappa shape index (κ3) is 4.86. The summed E-state index contributed by atoms with van der Waals surface area (Å²) in [5.41, 5.74) is 0.787. The summed E-state index contributed by atoms with van der Waals surface area (Å²) in [5, 5.41) is 3.27. The number of anilines is 1. The molecular weight excluding hydrogens is 414 g/mol. The van der Waals surface area contributed by atoms with Gasteiger partial charge in [0, 0.05) is 29.9 Å². The lowest BCUT2D eigenvalue weighted by molar-refractivity contribution is -0.137. The Kier molecular flexibility index (Phi) is 6.84. The fourth-order valence-electron chi connectivity index (χ4n) is 3.04. The van der Waals surface area contributed by atoms with Crippen molar-refractivity contribution in [1.82, 2.24) is 4.90 Å². The Labute approximate surface area is 178 Å². The molecule has 0 unspecified atom stereocenters. The van der Waals surface area contributed by atoms with E-state index in [1.54, 1.807) is 24.3 Å². The van der Waals surface area contributed by atoms with Crippen molar-refractivity contribution in [2.24, 2.45) is 0 Å². The number of halogens is 3. The number of imide groups is 1. The van der Waals surface area contributed by atoms with Gasteiger partial charge in [-0.25, -0.2) is 8.78 Å². The van der Waals surface area contributed by atoms with Crippen LogP contribution in [-0.2, 0) is 14.3 Å². The summed E-state index contributed by atoms with van der Waals surface area (Å²) in [6, 6.07) is 9.64. The highest BCUT2D eigenvalue weighted by Crippen LogP contribution is 2.31. The minimum Gasteiger partial charge on any atom is -0.379 e. The van der Waals surface area contributed by atoms with Crippen molar-refractivity contribution in [3.05, 3.63) is 70.4 Å². The van der Waals surface area contributed by atoms with Crippen LogP contribution in [0.4, 0.5) is 14.5 Å². The molecule has 0 aliphatic carbocycles. The maximum atomic E-state index is 13.6. The van der Waals surface area contributed by atoms with E-state index in [1.807, 2.05) is 13.8 Å². The van der Waals surface area contributed by atoms with E-state index in [-0.39, 0.29) is 29.6 Å². The number of rotatable bonds is 8. The molecule has 0 bridgehead atoms. The average Bonchev–Trinajstić information content (AvgIpc) is 2.92. The number of amides is 2. The van der Waals surface area contributed by atoms with Crippen LogP contribution in [0.2, 0.25) is 5.02 Å². The van der Waals surface area contributed by atoms with Crippen molar-refractivity contribution >= 4 is 34.7 Å². The van der Waals surface area contributed by atoms with Gasteiger partial charge in [0.25, 0.3) is 11.8 Å². The van der Waals surface area contributed by atoms with Gasteiger partial charge in [0.1, 0.15) is 5.70 Å². The maximum absolute atomic E-state index is 13.6. The lowest BCUT2D eigenvalue weighted by Gasteiger charge is -2.16. The summed E-state index contributed by atoms with van der Waals surface area (Å²) in [6.45, 7) is 4.37. The second kappa shape index (κ2) is 9.36. The molecule has 0 fully saturated rings. The van der Waals surface area contributed by atoms with E-state index in [0.29, 0.717) is 23.6 Å².